The Balaban J connectivity index is 2.14. The average Bonchev–Trinajstić information content (AvgIpc) is 2.37. The zero-order chi connectivity index (χ0) is 14.0. The maximum Gasteiger partial charge on any atom is 0.236 e. The summed E-state index contributed by atoms with van der Waals surface area (Å²) in [5.41, 5.74) is 0.945. The third-order valence-corrected chi connectivity index (χ3v) is 3.30. The molecule has 4 nitrogen and oxygen atoms in total. The van der Waals surface area contributed by atoms with E-state index in [1.165, 1.54) is 4.90 Å². The maximum absolute atomic E-state index is 12.1. The van der Waals surface area contributed by atoms with Gasteiger partial charge in [0.1, 0.15) is 5.75 Å². The predicted molar refractivity (Wildman–Crippen MR) is 72.0 cm³/mol. The molecule has 1 saturated heterocycles. The Bertz CT molecular complexity index is 479. The van der Waals surface area contributed by atoms with Gasteiger partial charge in [0.25, 0.3) is 0 Å². The van der Waals surface area contributed by atoms with Gasteiger partial charge in [0, 0.05) is 13.5 Å². The Morgan fingerprint density at radius 3 is 2.42 bits per heavy atom. The Labute approximate surface area is 113 Å². The smallest absolute Gasteiger partial charge is 0.236 e. The Kier molecular flexibility index (Phi) is 3.88. The molecular weight excluding hydrogens is 242 g/mol. The topological polar surface area (TPSA) is 46.6 Å². The summed E-state index contributed by atoms with van der Waals surface area (Å²) in [6.07, 6.45) is 1.15. The number of carbonyl (C=O) groups excluding carboxylic acids is 2. The Hall–Kier alpha value is -1.84. The van der Waals surface area contributed by atoms with Crippen molar-refractivity contribution in [2.45, 2.75) is 38.7 Å². The van der Waals surface area contributed by atoms with E-state index < -0.39 is 0 Å². The van der Waals surface area contributed by atoms with Crippen LogP contribution in [0.1, 0.15) is 38.2 Å². The summed E-state index contributed by atoms with van der Waals surface area (Å²) >= 11 is 0. The molecule has 1 aromatic rings. The molecule has 1 unspecified atom stereocenters. The molecule has 2 rings (SSSR count). The molecular formula is C15H19NO3. The lowest BCUT2D eigenvalue weighted by Gasteiger charge is -2.28. The molecule has 0 radical (unpaired) electrons. The van der Waals surface area contributed by atoms with Crippen LogP contribution in [0.25, 0.3) is 0 Å². The summed E-state index contributed by atoms with van der Waals surface area (Å²) in [4.78, 5) is 24.7. The summed E-state index contributed by atoms with van der Waals surface area (Å²) < 4.78 is 5.57. The summed E-state index contributed by atoms with van der Waals surface area (Å²) in [5.74, 6) is 0.372. The number of piperidine rings is 1. The molecule has 19 heavy (non-hydrogen) atoms. The molecule has 1 fully saturated rings. The number of rotatable bonds is 3. The van der Waals surface area contributed by atoms with Gasteiger partial charge in [0.05, 0.1) is 12.0 Å². The van der Waals surface area contributed by atoms with Crippen molar-refractivity contribution in [3.63, 3.8) is 0 Å². The van der Waals surface area contributed by atoms with E-state index in [1.807, 2.05) is 38.1 Å². The fourth-order valence-electron chi connectivity index (χ4n) is 2.28. The first-order valence-corrected chi connectivity index (χ1v) is 6.56. The van der Waals surface area contributed by atoms with Crippen LogP contribution in [0.15, 0.2) is 24.3 Å². The van der Waals surface area contributed by atoms with Gasteiger partial charge < -0.3 is 4.74 Å². The highest BCUT2D eigenvalue weighted by atomic mass is 16.5. The first-order chi connectivity index (χ1) is 8.99. The van der Waals surface area contributed by atoms with E-state index in [1.54, 1.807) is 7.05 Å². The van der Waals surface area contributed by atoms with Crippen molar-refractivity contribution in [2.75, 3.05) is 7.05 Å². The van der Waals surface area contributed by atoms with Gasteiger partial charge in [-0.3, -0.25) is 14.5 Å². The van der Waals surface area contributed by atoms with Crippen molar-refractivity contribution in [1.29, 1.82) is 0 Å². The van der Waals surface area contributed by atoms with E-state index in [9.17, 15) is 9.59 Å². The molecule has 0 saturated carbocycles. The Morgan fingerprint density at radius 2 is 1.84 bits per heavy atom. The molecule has 0 spiro atoms. The van der Waals surface area contributed by atoms with Crippen molar-refractivity contribution < 1.29 is 14.3 Å². The van der Waals surface area contributed by atoms with Gasteiger partial charge in [-0.2, -0.15) is 0 Å². The van der Waals surface area contributed by atoms with Crippen LogP contribution in [0.4, 0.5) is 0 Å². The zero-order valence-electron chi connectivity index (χ0n) is 11.6. The first-order valence-electron chi connectivity index (χ1n) is 6.56. The molecule has 1 aromatic carbocycles. The minimum atomic E-state index is -0.212. The van der Waals surface area contributed by atoms with Crippen LogP contribution in [0.3, 0.4) is 0 Å². The van der Waals surface area contributed by atoms with Crippen molar-refractivity contribution in [1.82, 2.24) is 4.90 Å². The molecule has 102 valence electrons. The highest BCUT2D eigenvalue weighted by molar-refractivity contribution is 6.00. The molecule has 0 aliphatic carbocycles. The second-order valence-corrected chi connectivity index (χ2v) is 5.12. The maximum atomic E-state index is 12.1. The Morgan fingerprint density at radius 1 is 1.21 bits per heavy atom. The summed E-state index contributed by atoms with van der Waals surface area (Å²) in [6.45, 7) is 3.94. The van der Waals surface area contributed by atoms with Gasteiger partial charge in [-0.15, -0.1) is 0 Å². The second kappa shape index (κ2) is 5.43. The highest BCUT2D eigenvalue weighted by Crippen LogP contribution is 2.29. The summed E-state index contributed by atoms with van der Waals surface area (Å²) in [5, 5.41) is 0. The average molecular weight is 261 g/mol. The second-order valence-electron chi connectivity index (χ2n) is 5.12. The SMILES string of the molecule is CC(C)Oc1ccc(C2CCC(=O)N(C)C2=O)cc1. The number of amides is 2. The van der Waals surface area contributed by atoms with E-state index >= 15 is 0 Å². The standard InChI is InChI=1S/C15H19NO3/c1-10(2)19-12-6-4-11(5-7-12)13-8-9-14(17)16(3)15(13)18/h4-7,10,13H,8-9H2,1-3H3. The molecule has 1 aliphatic heterocycles. The number of hydrogen-bond donors (Lipinski definition) is 0. The monoisotopic (exact) mass is 261 g/mol. The van der Waals surface area contributed by atoms with Gasteiger partial charge in [0.15, 0.2) is 0 Å². The van der Waals surface area contributed by atoms with E-state index in [-0.39, 0.29) is 23.8 Å². The fourth-order valence-corrected chi connectivity index (χ4v) is 2.28. The van der Waals surface area contributed by atoms with Crippen LogP contribution in [0.5, 0.6) is 5.75 Å². The fraction of sp³-hybridized carbons (Fsp3) is 0.467. The lowest BCUT2D eigenvalue weighted by atomic mass is 9.90. The van der Waals surface area contributed by atoms with Gasteiger partial charge in [-0.25, -0.2) is 0 Å². The lowest BCUT2D eigenvalue weighted by molar-refractivity contribution is -0.147. The molecule has 1 heterocycles. The molecule has 0 bridgehead atoms. The van der Waals surface area contributed by atoms with Gasteiger partial charge in [-0.05, 0) is 38.0 Å². The molecule has 2 amide bonds. The van der Waals surface area contributed by atoms with Crippen LogP contribution in [0, 0.1) is 0 Å². The number of carbonyl (C=O) groups is 2. The van der Waals surface area contributed by atoms with Crippen LogP contribution in [-0.2, 0) is 9.59 Å². The van der Waals surface area contributed by atoms with Crippen molar-refractivity contribution in [3.8, 4) is 5.75 Å². The number of imide groups is 1. The largest absolute Gasteiger partial charge is 0.491 e. The number of ether oxygens (including phenoxy) is 1. The van der Waals surface area contributed by atoms with Gasteiger partial charge in [-0.1, -0.05) is 12.1 Å². The minimum Gasteiger partial charge on any atom is -0.491 e. The molecule has 1 aliphatic rings. The van der Waals surface area contributed by atoms with Crippen molar-refractivity contribution in [3.05, 3.63) is 29.8 Å². The van der Waals surface area contributed by atoms with Crippen LogP contribution in [0.2, 0.25) is 0 Å². The third kappa shape index (κ3) is 2.95. The number of likely N-dealkylation sites (N-methyl/N-ethyl adjacent to an activating group) is 1. The lowest BCUT2D eigenvalue weighted by Crippen LogP contribution is -2.41. The number of hydrogen-bond acceptors (Lipinski definition) is 3. The van der Waals surface area contributed by atoms with E-state index in [0.717, 1.165) is 11.3 Å². The third-order valence-electron chi connectivity index (χ3n) is 3.30. The number of likely N-dealkylation sites (tertiary alicyclic amines) is 1. The van der Waals surface area contributed by atoms with E-state index in [0.29, 0.717) is 12.8 Å². The predicted octanol–water partition coefficient (Wildman–Crippen LogP) is 2.34. The highest BCUT2D eigenvalue weighted by Gasteiger charge is 2.32. The van der Waals surface area contributed by atoms with E-state index in [4.69, 9.17) is 4.74 Å². The first kappa shape index (κ1) is 13.6. The minimum absolute atomic E-state index is 0.0963. The van der Waals surface area contributed by atoms with Crippen molar-refractivity contribution in [2.24, 2.45) is 0 Å². The van der Waals surface area contributed by atoms with Gasteiger partial charge in [0.2, 0.25) is 11.8 Å². The zero-order valence-corrected chi connectivity index (χ0v) is 11.6. The molecule has 0 N–H and O–H groups in total. The molecule has 0 aromatic heterocycles. The van der Waals surface area contributed by atoms with E-state index in [2.05, 4.69) is 0 Å². The van der Waals surface area contributed by atoms with Gasteiger partial charge >= 0.3 is 0 Å². The van der Waals surface area contributed by atoms with Crippen molar-refractivity contribution >= 4 is 11.8 Å². The molecule has 1 atom stereocenters. The number of nitrogens with zero attached hydrogens (tertiary/aromatic N) is 1. The van der Waals surface area contributed by atoms with Crippen LogP contribution in [-0.4, -0.2) is 29.9 Å². The summed E-state index contributed by atoms with van der Waals surface area (Å²) in [6, 6.07) is 7.56. The molecule has 4 heteroatoms. The normalized spacial score (nSPS) is 20.0. The number of benzene rings is 1. The quantitative estimate of drug-likeness (QED) is 0.785. The van der Waals surface area contributed by atoms with Crippen LogP contribution >= 0.6 is 0 Å². The van der Waals surface area contributed by atoms with Crippen LogP contribution < -0.4 is 4.74 Å². The summed E-state index contributed by atoms with van der Waals surface area (Å²) in [7, 11) is 1.55.